The molecule has 146 valence electrons. The van der Waals surface area contributed by atoms with E-state index < -0.39 is 0 Å². The maximum Gasteiger partial charge on any atom is 0.183 e. The van der Waals surface area contributed by atoms with Crippen LogP contribution in [0.2, 0.25) is 0 Å². The van der Waals surface area contributed by atoms with E-state index >= 15 is 0 Å². The molecule has 0 bridgehead atoms. The molecule has 2 aliphatic heterocycles. The summed E-state index contributed by atoms with van der Waals surface area (Å²) in [5.41, 5.74) is 5.86. The first-order valence-electron chi connectivity index (χ1n) is 10.1. The van der Waals surface area contributed by atoms with Gasteiger partial charge in [-0.15, -0.1) is 0 Å². The predicted octanol–water partition coefficient (Wildman–Crippen LogP) is 3.31. The Morgan fingerprint density at radius 2 is 2.10 bits per heavy atom. The lowest BCUT2D eigenvalue weighted by atomic mass is 10.0. The van der Waals surface area contributed by atoms with Crippen LogP contribution in [0.25, 0.3) is 11.0 Å². The van der Waals surface area contributed by atoms with Crippen molar-refractivity contribution in [2.45, 2.75) is 19.4 Å². The van der Waals surface area contributed by atoms with Crippen LogP contribution in [0.4, 0.5) is 0 Å². The van der Waals surface area contributed by atoms with Gasteiger partial charge in [-0.1, -0.05) is 18.1 Å². The number of hydrogen-bond acceptors (Lipinski definition) is 4. The van der Waals surface area contributed by atoms with Crippen molar-refractivity contribution < 1.29 is 0 Å². The molecule has 0 saturated carbocycles. The fraction of sp³-hybridized carbons (Fsp3) is 0.304. The van der Waals surface area contributed by atoms with E-state index in [0.717, 1.165) is 49.5 Å². The Balaban J connectivity index is 1.22. The molecule has 1 unspecified atom stereocenters. The zero-order valence-electron chi connectivity index (χ0n) is 16.5. The highest BCUT2D eigenvalue weighted by atomic mass is 15.2. The standard InChI is InChI=1S/C23H24N6/c1-17(19-8-4-11-24-19)29-15-18-14-28(13-10-20(18)25-16-29)12-5-9-23-26-21-6-2-3-7-22(21)27-23/h2-4,6-8,11,16-17,24H,10,12-15H2,1H3,(H,26,27). The van der Waals surface area contributed by atoms with Crippen LogP contribution in [0.1, 0.15) is 30.9 Å². The van der Waals surface area contributed by atoms with E-state index in [1.807, 2.05) is 42.9 Å². The highest BCUT2D eigenvalue weighted by Crippen LogP contribution is 2.27. The Morgan fingerprint density at radius 3 is 2.97 bits per heavy atom. The number of aromatic amines is 2. The molecule has 5 rings (SSSR count). The summed E-state index contributed by atoms with van der Waals surface area (Å²) in [5.74, 6) is 7.20. The van der Waals surface area contributed by atoms with Crippen molar-refractivity contribution in [2.75, 3.05) is 26.2 Å². The van der Waals surface area contributed by atoms with Crippen molar-refractivity contribution in [1.82, 2.24) is 24.8 Å². The van der Waals surface area contributed by atoms with Crippen LogP contribution in [0.3, 0.4) is 0 Å². The number of H-pyrrole nitrogens is 2. The van der Waals surface area contributed by atoms with E-state index in [9.17, 15) is 0 Å². The maximum absolute atomic E-state index is 4.74. The number of imidazole rings is 1. The van der Waals surface area contributed by atoms with Crippen LogP contribution in [0.15, 0.2) is 58.9 Å². The summed E-state index contributed by atoms with van der Waals surface area (Å²) in [6.07, 6.45) is 4.96. The van der Waals surface area contributed by atoms with Gasteiger partial charge >= 0.3 is 0 Å². The van der Waals surface area contributed by atoms with Crippen molar-refractivity contribution in [1.29, 1.82) is 0 Å². The van der Waals surface area contributed by atoms with Gasteiger partial charge < -0.3 is 14.9 Å². The lowest BCUT2D eigenvalue weighted by molar-refractivity contribution is 0.287. The minimum Gasteiger partial charge on any atom is -0.363 e. The number of nitrogens with zero attached hydrogens (tertiary/aromatic N) is 4. The first kappa shape index (κ1) is 17.8. The van der Waals surface area contributed by atoms with Gasteiger partial charge in [0.15, 0.2) is 5.82 Å². The number of aliphatic imine (C=N–C) groups is 1. The van der Waals surface area contributed by atoms with E-state index in [0.29, 0.717) is 0 Å². The minimum absolute atomic E-state index is 0.283. The highest BCUT2D eigenvalue weighted by Gasteiger charge is 2.25. The third-order valence-electron chi connectivity index (χ3n) is 5.69. The second kappa shape index (κ2) is 7.61. The van der Waals surface area contributed by atoms with Crippen molar-refractivity contribution in [3.05, 3.63) is 65.4 Å². The maximum atomic E-state index is 4.74. The molecule has 0 amide bonds. The van der Waals surface area contributed by atoms with E-state index in [4.69, 9.17) is 4.99 Å². The van der Waals surface area contributed by atoms with Gasteiger partial charge in [0.25, 0.3) is 0 Å². The summed E-state index contributed by atoms with van der Waals surface area (Å²) in [6.45, 7) is 5.80. The number of benzene rings is 1. The Bertz CT molecular complexity index is 1090. The molecule has 0 spiro atoms. The van der Waals surface area contributed by atoms with Gasteiger partial charge in [-0.25, -0.2) is 9.98 Å². The molecule has 6 nitrogen and oxygen atoms in total. The second-order valence-electron chi connectivity index (χ2n) is 7.63. The van der Waals surface area contributed by atoms with Gasteiger partial charge in [0.1, 0.15) is 0 Å². The van der Waals surface area contributed by atoms with Crippen molar-refractivity contribution in [3.63, 3.8) is 0 Å². The summed E-state index contributed by atoms with van der Waals surface area (Å²) in [5, 5.41) is 0. The van der Waals surface area contributed by atoms with Crippen LogP contribution >= 0.6 is 0 Å². The lowest BCUT2D eigenvalue weighted by Gasteiger charge is -2.36. The molecule has 2 aromatic heterocycles. The normalized spacial score (nSPS) is 17.9. The van der Waals surface area contributed by atoms with Crippen LogP contribution < -0.4 is 0 Å². The molecule has 0 aliphatic carbocycles. The van der Waals surface area contributed by atoms with E-state index in [-0.39, 0.29) is 6.04 Å². The average molecular weight is 384 g/mol. The van der Waals surface area contributed by atoms with Gasteiger partial charge in [0.2, 0.25) is 0 Å². The molecule has 2 aliphatic rings. The average Bonchev–Trinajstić information content (AvgIpc) is 3.42. The lowest BCUT2D eigenvalue weighted by Crippen LogP contribution is -2.39. The third kappa shape index (κ3) is 3.69. The fourth-order valence-electron chi connectivity index (χ4n) is 3.98. The highest BCUT2D eigenvalue weighted by molar-refractivity contribution is 5.75. The largest absolute Gasteiger partial charge is 0.363 e. The molecule has 4 heterocycles. The molecule has 2 N–H and O–H groups in total. The minimum atomic E-state index is 0.283. The smallest absolute Gasteiger partial charge is 0.183 e. The van der Waals surface area contributed by atoms with E-state index in [2.05, 4.69) is 49.6 Å². The molecule has 6 heteroatoms. The van der Waals surface area contributed by atoms with Crippen LogP contribution in [0.5, 0.6) is 0 Å². The van der Waals surface area contributed by atoms with Crippen molar-refractivity contribution >= 4 is 17.4 Å². The number of aromatic nitrogens is 3. The Kier molecular flexibility index (Phi) is 4.66. The van der Waals surface area contributed by atoms with Crippen LogP contribution in [0, 0.1) is 11.8 Å². The molecule has 1 atom stereocenters. The number of fused-ring (bicyclic) bond motifs is 1. The zero-order valence-corrected chi connectivity index (χ0v) is 16.5. The number of hydrogen-bond donors (Lipinski definition) is 2. The second-order valence-corrected chi connectivity index (χ2v) is 7.63. The van der Waals surface area contributed by atoms with Gasteiger partial charge in [0.05, 0.1) is 30.0 Å². The molecule has 1 aromatic carbocycles. The fourth-order valence-corrected chi connectivity index (χ4v) is 3.98. The Morgan fingerprint density at radius 1 is 1.17 bits per heavy atom. The monoisotopic (exact) mass is 384 g/mol. The summed E-state index contributed by atoms with van der Waals surface area (Å²) >= 11 is 0. The molecule has 29 heavy (non-hydrogen) atoms. The van der Waals surface area contributed by atoms with E-state index in [1.54, 1.807) is 0 Å². The summed E-state index contributed by atoms with van der Waals surface area (Å²) < 4.78 is 0. The number of nitrogens with one attached hydrogen (secondary N) is 2. The molecule has 0 fully saturated rings. The molecule has 3 aromatic rings. The molecular formula is C23H24N6. The van der Waals surface area contributed by atoms with Crippen molar-refractivity contribution in [3.8, 4) is 11.8 Å². The van der Waals surface area contributed by atoms with Gasteiger partial charge in [-0.2, -0.15) is 0 Å². The summed E-state index contributed by atoms with van der Waals surface area (Å²) in [7, 11) is 0. The van der Waals surface area contributed by atoms with Crippen molar-refractivity contribution in [2.24, 2.45) is 4.99 Å². The van der Waals surface area contributed by atoms with Gasteiger partial charge in [-0.3, -0.25) is 4.90 Å². The quantitative estimate of drug-likeness (QED) is 0.681. The topological polar surface area (TPSA) is 63.3 Å². The number of rotatable bonds is 3. The SMILES string of the molecule is CC(c1ccc[nH]1)N1C=NC2=C(CN(CC#Cc3nc4ccccc4[nH]3)CC2)C1. The molecule has 0 radical (unpaired) electrons. The first-order valence-corrected chi connectivity index (χ1v) is 10.1. The Labute approximate surface area is 170 Å². The van der Waals surface area contributed by atoms with Gasteiger partial charge in [0, 0.05) is 43.6 Å². The summed E-state index contributed by atoms with van der Waals surface area (Å²) in [6, 6.07) is 12.5. The van der Waals surface area contributed by atoms with Crippen LogP contribution in [-0.4, -0.2) is 57.3 Å². The van der Waals surface area contributed by atoms with Gasteiger partial charge in [-0.05, 0) is 42.7 Å². The Hall–Kier alpha value is -3.30. The zero-order chi connectivity index (χ0) is 19.6. The summed E-state index contributed by atoms with van der Waals surface area (Å²) in [4.78, 5) is 20.5. The molecule has 0 saturated heterocycles. The predicted molar refractivity (Wildman–Crippen MR) is 115 cm³/mol. The first-order chi connectivity index (χ1) is 14.3. The van der Waals surface area contributed by atoms with Crippen LogP contribution in [-0.2, 0) is 0 Å². The third-order valence-corrected chi connectivity index (χ3v) is 5.69. The molecular weight excluding hydrogens is 360 g/mol. The number of para-hydroxylation sites is 2. The van der Waals surface area contributed by atoms with E-state index in [1.165, 1.54) is 17.0 Å².